The van der Waals surface area contributed by atoms with Crippen molar-refractivity contribution in [3.63, 3.8) is 0 Å². The van der Waals surface area contributed by atoms with E-state index in [1.54, 1.807) is 20.8 Å². The summed E-state index contributed by atoms with van der Waals surface area (Å²) >= 11 is 0. The molecule has 1 aliphatic rings. The molecule has 0 aromatic heterocycles. The summed E-state index contributed by atoms with van der Waals surface area (Å²) in [6.45, 7) is 5.61. The van der Waals surface area contributed by atoms with Crippen molar-refractivity contribution in [1.82, 2.24) is 4.90 Å². The summed E-state index contributed by atoms with van der Waals surface area (Å²) in [5.41, 5.74) is -0.631. The highest BCUT2D eigenvalue weighted by molar-refractivity contribution is 5.93. The first kappa shape index (κ1) is 15.3. The van der Waals surface area contributed by atoms with E-state index in [0.717, 1.165) is 0 Å². The molecule has 108 valence electrons. The molecule has 0 aromatic carbocycles. The fourth-order valence-corrected chi connectivity index (χ4v) is 2.06. The molecule has 7 heteroatoms. The first-order valence-electron chi connectivity index (χ1n) is 6.05. The van der Waals surface area contributed by atoms with Gasteiger partial charge in [0.15, 0.2) is 5.92 Å². The number of hydrogen-bond donors (Lipinski definition) is 2. The van der Waals surface area contributed by atoms with Crippen LogP contribution in [0.15, 0.2) is 0 Å². The van der Waals surface area contributed by atoms with Crippen molar-refractivity contribution in [1.29, 1.82) is 0 Å². The van der Waals surface area contributed by atoms with Crippen LogP contribution >= 0.6 is 0 Å². The van der Waals surface area contributed by atoms with Gasteiger partial charge in [-0.15, -0.1) is 0 Å². The van der Waals surface area contributed by atoms with Gasteiger partial charge in [-0.25, -0.2) is 4.79 Å². The van der Waals surface area contributed by atoms with Crippen molar-refractivity contribution in [2.45, 2.75) is 32.8 Å². The highest BCUT2D eigenvalue weighted by Gasteiger charge is 2.41. The molecular formula is C12H19NO6. The smallest absolute Gasteiger partial charge is 0.410 e. The molecule has 1 amide bonds. The molecule has 0 unspecified atom stereocenters. The second kappa shape index (κ2) is 5.46. The number of ether oxygens (including phenoxy) is 1. The van der Waals surface area contributed by atoms with E-state index < -0.39 is 35.5 Å². The third-order valence-corrected chi connectivity index (χ3v) is 2.88. The topological polar surface area (TPSA) is 104 Å². The third kappa shape index (κ3) is 4.11. The van der Waals surface area contributed by atoms with Gasteiger partial charge in [0.2, 0.25) is 0 Å². The Hall–Kier alpha value is -1.79. The average molecular weight is 273 g/mol. The molecule has 0 bridgehead atoms. The van der Waals surface area contributed by atoms with Gasteiger partial charge in [0.1, 0.15) is 5.60 Å². The Morgan fingerprint density at radius 2 is 1.74 bits per heavy atom. The molecule has 7 nitrogen and oxygen atoms in total. The molecule has 1 saturated heterocycles. The van der Waals surface area contributed by atoms with Crippen LogP contribution in [0.4, 0.5) is 4.79 Å². The summed E-state index contributed by atoms with van der Waals surface area (Å²) in [5.74, 6) is -4.80. The van der Waals surface area contributed by atoms with Crippen LogP contribution in [0.1, 0.15) is 27.2 Å². The number of amides is 1. The van der Waals surface area contributed by atoms with E-state index in [9.17, 15) is 14.4 Å². The number of carbonyl (C=O) groups is 3. The van der Waals surface area contributed by atoms with Crippen LogP contribution in [0, 0.1) is 11.8 Å². The van der Waals surface area contributed by atoms with E-state index in [0.29, 0.717) is 13.0 Å². The minimum atomic E-state index is -1.48. The number of hydrogen-bond acceptors (Lipinski definition) is 4. The maximum Gasteiger partial charge on any atom is 0.410 e. The van der Waals surface area contributed by atoms with Gasteiger partial charge < -0.3 is 19.8 Å². The average Bonchev–Trinajstić information content (AvgIpc) is 2.62. The van der Waals surface area contributed by atoms with E-state index in [4.69, 9.17) is 14.9 Å². The lowest BCUT2D eigenvalue weighted by Gasteiger charge is -2.24. The minimum absolute atomic E-state index is 0.0954. The molecule has 1 fully saturated rings. The van der Waals surface area contributed by atoms with Gasteiger partial charge in [0.05, 0.1) is 0 Å². The van der Waals surface area contributed by atoms with Crippen molar-refractivity contribution < 1.29 is 29.3 Å². The number of aliphatic carboxylic acids is 2. The van der Waals surface area contributed by atoms with Crippen molar-refractivity contribution in [2.24, 2.45) is 11.8 Å². The summed E-state index contributed by atoms with van der Waals surface area (Å²) in [7, 11) is 0. The van der Waals surface area contributed by atoms with Crippen LogP contribution in [-0.2, 0) is 14.3 Å². The van der Waals surface area contributed by atoms with E-state index >= 15 is 0 Å². The Labute approximate surface area is 111 Å². The highest BCUT2D eigenvalue weighted by Crippen LogP contribution is 2.26. The standard InChI is InChI=1S/C12H19NO6/c1-12(2,3)19-11(18)13-5-4-7(6-13)8(9(14)15)10(16)17/h7-8H,4-6H2,1-3H3,(H,14,15)(H,16,17)/t7-/m0/s1. The highest BCUT2D eigenvalue weighted by atomic mass is 16.6. The predicted molar refractivity (Wildman–Crippen MR) is 64.7 cm³/mol. The van der Waals surface area contributed by atoms with Gasteiger partial charge in [-0.2, -0.15) is 0 Å². The summed E-state index contributed by atoms with van der Waals surface area (Å²) in [6.07, 6.45) is -0.188. The minimum Gasteiger partial charge on any atom is -0.481 e. The first-order valence-corrected chi connectivity index (χ1v) is 6.05. The normalized spacial score (nSPS) is 19.6. The fourth-order valence-electron chi connectivity index (χ4n) is 2.06. The van der Waals surface area contributed by atoms with Crippen LogP contribution in [0.5, 0.6) is 0 Å². The summed E-state index contributed by atoms with van der Waals surface area (Å²) in [5, 5.41) is 17.8. The van der Waals surface area contributed by atoms with Gasteiger partial charge in [0, 0.05) is 19.0 Å². The summed E-state index contributed by atoms with van der Waals surface area (Å²) < 4.78 is 5.16. The number of carbonyl (C=O) groups excluding carboxylic acids is 1. The van der Waals surface area contributed by atoms with Gasteiger partial charge in [-0.3, -0.25) is 9.59 Å². The van der Waals surface area contributed by atoms with Crippen LogP contribution in [0.2, 0.25) is 0 Å². The number of rotatable bonds is 3. The molecule has 0 radical (unpaired) electrons. The quantitative estimate of drug-likeness (QED) is 0.744. The molecule has 0 spiro atoms. The van der Waals surface area contributed by atoms with Gasteiger partial charge in [-0.05, 0) is 27.2 Å². The molecule has 19 heavy (non-hydrogen) atoms. The van der Waals surface area contributed by atoms with Crippen LogP contribution < -0.4 is 0 Å². The molecule has 0 saturated carbocycles. The molecule has 1 heterocycles. The second-order valence-electron chi connectivity index (χ2n) is 5.63. The van der Waals surface area contributed by atoms with E-state index in [1.807, 2.05) is 0 Å². The van der Waals surface area contributed by atoms with E-state index in [1.165, 1.54) is 4.90 Å². The van der Waals surface area contributed by atoms with Crippen LogP contribution in [0.3, 0.4) is 0 Å². The Bertz CT molecular complexity index is 372. The Balaban J connectivity index is 2.65. The lowest BCUT2D eigenvalue weighted by Crippen LogP contribution is -2.37. The Morgan fingerprint density at radius 1 is 1.21 bits per heavy atom. The number of nitrogens with zero attached hydrogens (tertiary/aromatic N) is 1. The molecule has 0 aromatic rings. The predicted octanol–water partition coefficient (Wildman–Crippen LogP) is 1.03. The SMILES string of the molecule is CC(C)(C)OC(=O)N1CC[C@H](C(C(=O)O)C(=O)O)C1. The number of carboxylic acids is 2. The Kier molecular flexibility index (Phi) is 4.39. The molecule has 1 rings (SSSR count). The van der Waals surface area contributed by atoms with E-state index in [2.05, 4.69) is 0 Å². The monoisotopic (exact) mass is 273 g/mol. The van der Waals surface area contributed by atoms with Crippen molar-refractivity contribution in [2.75, 3.05) is 13.1 Å². The molecule has 1 atom stereocenters. The largest absolute Gasteiger partial charge is 0.481 e. The van der Waals surface area contributed by atoms with Gasteiger partial charge in [-0.1, -0.05) is 0 Å². The second-order valence-corrected chi connectivity index (χ2v) is 5.63. The van der Waals surface area contributed by atoms with Crippen molar-refractivity contribution >= 4 is 18.0 Å². The maximum absolute atomic E-state index is 11.8. The van der Waals surface area contributed by atoms with Crippen molar-refractivity contribution in [3.05, 3.63) is 0 Å². The molecule has 0 aliphatic carbocycles. The van der Waals surface area contributed by atoms with Crippen LogP contribution in [0.25, 0.3) is 0 Å². The number of carboxylic acid groups (broad SMARTS) is 2. The lowest BCUT2D eigenvalue weighted by molar-refractivity contribution is -0.157. The number of likely N-dealkylation sites (tertiary alicyclic amines) is 1. The zero-order valence-corrected chi connectivity index (χ0v) is 11.3. The van der Waals surface area contributed by atoms with Gasteiger partial charge in [0.25, 0.3) is 0 Å². The zero-order valence-electron chi connectivity index (χ0n) is 11.3. The molecule has 2 N–H and O–H groups in total. The Morgan fingerprint density at radius 3 is 2.16 bits per heavy atom. The zero-order chi connectivity index (χ0) is 14.8. The third-order valence-electron chi connectivity index (χ3n) is 2.88. The molecule has 1 aliphatic heterocycles. The summed E-state index contributed by atoms with van der Waals surface area (Å²) in [6, 6.07) is 0. The lowest BCUT2D eigenvalue weighted by atomic mass is 9.92. The maximum atomic E-state index is 11.8. The van der Waals surface area contributed by atoms with E-state index in [-0.39, 0.29) is 6.54 Å². The fraction of sp³-hybridized carbons (Fsp3) is 0.750. The first-order chi connectivity index (χ1) is 8.61. The van der Waals surface area contributed by atoms with Gasteiger partial charge >= 0.3 is 18.0 Å². The van der Waals surface area contributed by atoms with Crippen LogP contribution in [-0.4, -0.2) is 51.8 Å². The summed E-state index contributed by atoms with van der Waals surface area (Å²) in [4.78, 5) is 35.0. The molecular weight excluding hydrogens is 254 g/mol. The van der Waals surface area contributed by atoms with Crippen molar-refractivity contribution in [3.8, 4) is 0 Å².